The second-order valence-electron chi connectivity index (χ2n) is 9.98. The fourth-order valence-corrected chi connectivity index (χ4v) is 6.16. The molecule has 1 saturated heterocycles. The second kappa shape index (κ2) is 9.41. The summed E-state index contributed by atoms with van der Waals surface area (Å²) in [6, 6.07) is 4.94. The molecule has 11 heteroatoms. The lowest BCUT2D eigenvalue weighted by atomic mass is 9.98. The number of amides is 2. The first-order valence-electron chi connectivity index (χ1n) is 12.2. The van der Waals surface area contributed by atoms with Gasteiger partial charge in [0, 0.05) is 17.2 Å². The highest BCUT2D eigenvalue weighted by molar-refractivity contribution is 7.91. The number of hydrogen-bond acceptors (Lipinski definition) is 4. The van der Waals surface area contributed by atoms with E-state index in [0.29, 0.717) is 25.3 Å². The van der Waals surface area contributed by atoms with Crippen molar-refractivity contribution in [1.82, 2.24) is 10.2 Å². The predicted molar refractivity (Wildman–Crippen MR) is 126 cm³/mol. The molecule has 2 aromatic carbocycles. The molecule has 2 aliphatic carbocycles. The van der Waals surface area contributed by atoms with Crippen LogP contribution in [0.1, 0.15) is 66.6 Å². The number of alkyl halides is 2. The highest BCUT2D eigenvalue weighted by Crippen LogP contribution is 2.49. The molecule has 1 aliphatic heterocycles. The lowest BCUT2D eigenvalue weighted by Gasteiger charge is -2.29. The van der Waals surface area contributed by atoms with Gasteiger partial charge in [-0.15, -0.1) is 0 Å². The molecule has 2 amide bonds. The monoisotopic (exact) mass is 538 g/mol. The van der Waals surface area contributed by atoms with Gasteiger partial charge in [0.05, 0.1) is 22.3 Å². The van der Waals surface area contributed by atoms with Crippen LogP contribution in [0.3, 0.4) is 0 Å². The second-order valence-corrected chi connectivity index (χ2v) is 12.3. The average Bonchev–Trinajstić information content (AvgIpc) is 3.81. The summed E-state index contributed by atoms with van der Waals surface area (Å²) in [4.78, 5) is 28.3. The number of carbonyl (C=O) groups is 2. The summed E-state index contributed by atoms with van der Waals surface area (Å²) in [5, 5.41) is 2.75. The van der Waals surface area contributed by atoms with Gasteiger partial charge in [-0.3, -0.25) is 9.59 Å². The number of benzene rings is 2. The third kappa shape index (κ3) is 4.85. The lowest BCUT2D eigenvalue weighted by Crippen LogP contribution is -2.49. The largest absolute Gasteiger partial charge is 0.347 e. The Morgan fingerprint density at radius 3 is 2.38 bits per heavy atom. The Balaban J connectivity index is 1.39. The van der Waals surface area contributed by atoms with Gasteiger partial charge in [0.25, 0.3) is 12.3 Å². The Morgan fingerprint density at radius 2 is 1.73 bits per heavy atom. The zero-order valence-corrected chi connectivity index (χ0v) is 20.8. The van der Waals surface area contributed by atoms with Gasteiger partial charge in [-0.2, -0.15) is 0 Å². The SMILES string of the molecule is CCS(=O)(=O)c1cccc(C(=O)N2[C@@H](C(=O)N[C@@H](c3cc(F)c(C(F)F)cc3F)C3CC3)C[C@H]3C[C@H]32)c1. The van der Waals surface area contributed by atoms with Gasteiger partial charge in [0.2, 0.25) is 5.91 Å². The van der Waals surface area contributed by atoms with Crippen molar-refractivity contribution in [2.24, 2.45) is 11.8 Å². The van der Waals surface area contributed by atoms with E-state index in [-0.39, 0.29) is 39.7 Å². The predicted octanol–water partition coefficient (Wildman–Crippen LogP) is 4.57. The van der Waals surface area contributed by atoms with E-state index in [1.54, 1.807) is 0 Å². The topological polar surface area (TPSA) is 83.6 Å². The molecule has 0 radical (unpaired) electrons. The fraction of sp³-hybridized carbons (Fsp3) is 0.462. The molecule has 0 aromatic heterocycles. The van der Waals surface area contributed by atoms with E-state index in [1.807, 2.05) is 0 Å². The summed E-state index contributed by atoms with van der Waals surface area (Å²) in [7, 11) is -3.54. The minimum absolute atomic E-state index is 0.0203. The number of carbonyl (C=O) groups excluding carboxylic acids is 2. The Bertz CT molecular complexity index is 1360. The zero-order chi connectivity index (χ0) is 26.6. The maximum Gasteiger partial charge on any atom is 0.266 e. The number of piperidine rings is 1. The number of nitrogens with one attached hydrogen (secondary N) is 1. The molecular formula is C26H26F4N2O4S. The van der Waals surface area contributed by atoms with E-state index in [0.717, 1.165) is 12.5 Å². The van der Waals surface area contributed by atoms with Gasteiger partial charge in [0.1, 0.15) is 17.7 Å². The van der Waals surface area contributed by atoms with Gasteiger partial charge in [-0.25, -0.2) is 26.0 Å². The van der Waals surface area contributed by atoms with Gasteiger partial charge in [0.15, 0.2) is 9.84 Å². The first-order valence-corrected chi connectivity index (χ1v) is 13.9. The summed E-state index contributed by atoms with van der Waals surface area (Å²) < 4.78 is 79.6. The zero-order valence-electron chi connectivity index (χ0n) is 20.0. The van der Waals surface area contributed by atoms with Crippen LogP contribution in [0, 0.1) is 23.5 Å². The Labute approximate surface area is 212 Å². The van der Waals surface area contributed by atoms with Crippen LogP contribution in [0.15, 0.2) is 41.3 Å². The van der Waals surface area contributed by atoms with Crippen molar-refractivity contribution in [3.8, 4) is 0 Å². The molecule has 6 nitrogen and oxygen atoms in total. The average molecular weight is 539 g/mol. The van der Waals surface area contributed by atoms with Crippen molar-refractivity contribution in [3.05, 3.63) is 64.7 Å². The van der Waals surface area contributed by atoms with E-state index in [1.165, 1.54) is 36.1 Å². The van der Waals surface area contributed by atoms with E-state index in [2.05, 4.69) is 5.32 Å². The molecular weight excluding hydrogens is 512 g/mol. The number of halogens is 4. The minimum Gasteiger partial charge on any atom is -0.347 e. The number of hydrogen-bond donors (Lipinski definition) is 1. The Morgan fingerprint density at radius 1 is 1.05 bits per heavy atom. The first-order chi connectivity index (χ1) is 17.5. The Hall–Kier alpha value is -2.95. The molecule has 2 aromatic rings. The lowest BCUT2D eigenvalue weighted by molar-refractivity contribution is -0.126. The van der Waals surface area contributed by atoms with Crippen molar-refractivity contribution in [3.63, 3.8) is 0 Å². The van der Waals surface area contributed by atoms with Gasteiger partial charge in [-0.05, 0) is 67.9 Å². The number of fused-ring (bicyclic) bond motifs is 1. The van der Waals surface area contributed by atoms with Gasteiger partial charge >= 0.3 is 0 Å². The minimum atomic E-state index is -3.54. The van der Waals surface area contributed by atoms with Crippen LogP contribution in [0.4, 0.5) is 17.6 Å². The van der Waals surface area contributed by atoms with Crippen LogP contribution < -0.4 is 5.32 Å². The molecule has 5 rings (SSSR count). The maximum absolute atomic E-state index is 14.8. The normalized spacial score (nSPS) is 23.6. The van der Waals surface area contributed by atoms with Crippen LogP contribution in [-0.2, 0) is 14.6 Å². The Kier molecular flexibility index (Phi) is 6.54. The van der Waals surface area contributed by atoms with Crippen LogP contribution in [0.25, 0.3) is 0 Å². The number of sulfone groups is 1. The molecule has 0 unspecified atom stereocenters. The molecule has 4 atom stereocenters. The van der Waals surface area contributed by atoms with Crippen LogP contribution in [-0.4, -0.2) is 43.0 Å². The summed E-state index contributed by atoms with van der Waals surface area (Å²) in [5.41, 5.74) is -1.09. The van der Waals surface area contributed by atoms with Crippen molar-refractivity contribution in [2.45, 2.75) is 62.1 Å². The molecule has 1 N–H and O–H groups in total. The molecule has 3 fully saturated rings. The third-order valence-corrected chi connectivity index (χ3v) is 9.27. The van der Waals surface area contributed by atoms with Gasteiger partial charge < -0.3 is 10.2 Å². The summed E-state index contributed by atoms with van der Waals surface area (Å²) in [6.45, 7) is 1.51. The highest BCUT2D eigenvalue weighted by Gasteiger charge is 2.56. The summed E-state index contributed by atoms with van der Waals surface area (Å²) >= 11 is 0. The molecule has 37 heavy (non-hydrogen) atoms. The molecule has 0 spiro atoms. The van der Waals surface area contributed by atoms with Crippen molar-refractivity contribution in [1.29, 1.82) is 0 Å². The molecule has 3 aliphatic rings. The quantitative estimate of drug-likeness (QED) is 0.500. The number of likely N-dealkylation sites (tertiary alicyclic amines) is 1. The maximum atomic E-state index is 14.8. The number of nitrogens with zero attached hydrogens (tertiary/aromatic N) is 1. The van der Waals surface area contributed by atoms with Crippen molar-refractivity contribution < 1.29 is 35.6 Å². The summed E-state index contributed by atoms with van der Waals surface area (Å²) in [5.74, 6) is -3.45. The van der Waals surface area contributed by atoms with E-state index < -0.39 is 57.4 Å². The highest BCUT2D eigenvalue weighted by atomic mass is 32.2. The number of rotatable bonds is 8. The standard InChI is InChI=1S/C26H26F4N2O4S/c1-2-37(35,36)16-5-3-4-14(8-16)26(34)32-21-9-15(21)10-22(32)25(33)31-23(13-6-7-13)17-11-20(28)18(24(29)30)12-19(17)27/h3-5,8,11-13,15,21-24H,2,6-7,9-10H2,1H3,(H,31,33)/t15-,21-,22-,23-/m1/s1. The van der Waals surface area contributed by atoms with E-state index in [9.17, 15) is 35.6 Å². The molecule has 2 saturated carbocycles. The van der Waals surface area contributed by atoms with Crippen LogP contribution in [0.2, 0.25) is 0 Å². The molecule has 1 heterocycles. The van der Waals surface area contributed by atoms with Gasteiger partial charge in [-0.1, -0.05) is 13.0 Å². The molecule has 0 bridgehead atoms. The van der Waals surface area contributed by atoms with Crippen LogP contribution >= 0.6 is 0 Å². The van der Waals surface area contributed by atoms with Crippen molar-refractivity contribution >= 4 is 21.7 Å². The summed E-state index contributed by atoms with van der Waals surface area (Å²) in [6.07, 6.45) is -0.746. The van der Waals surface area contributed by atoms with Crippen LogP contribution in [0.5, 0.6) is 0 Å². The van der Waals surface area contributed by atoms with Crippen molar-refractivity contribution in [2.75, 3.05) is 5.75 Å². The third-order valence-electron chi connectivity index (χ3n) is 7.54. The first kappa shape index (κ1) is 25.7. The van der Waals surface area contributed by atoms with E-state index >= 15 is 0 Å². The van der Waals surface area contributed by atoms with E-state index in [4.69, 9.17) is 0 Å². The fourth-order valence-electron chi connectivity index (χ4n) is 5.23. The molecule has 198 valence electrons. The smallest absolute Gasteiger partial charge is 0.266 e.